The molecule has 0 saturated carbocycles. The second kappa shape index (κ2) is 5.35. The molecule has 0 aliphatic rings. The summed E-state index contributed by atoms with van der Waals surface area (Å²) in [5, 5.41) is 0. The molecule has 0 N–H and O–H groups in total. The van der Waals surface area contributed by atoms with Gasteiger partial charge in [0, 0.05) is 18.0 Å². The van der Waals surface area contributed by atoms with Crippen molar-refractivity contribution >= 4 is 0 Å². The van der Waals surface area contributed by atoms with Crippen LogP contribution in [-0.2, 0) is 0 Å². The lowest BCUT2D eigenvalue weighted by Crippen LogP contribution is -1.96. The van der Waals surface area contributed by atoms with Crippen molar-refractivity contribution in [1.29, 1.82) is 0 Å². The highest BCUT2D eigenvalue weighted by Gasteiger charge is 2.14. The molecule has 18 heavy (non-hydrogen) atoms. The number of benzene rings is 1. The Morgan fingerprint density at radius 2 is 1.56 bits per heavy atom. The van der Waals surface area contributed by atoms with Gasteiger partial charge in [-0.3, -0.25) is 9.97 Å². The van der Waals surface area contributed by atoms with Gasteiger partial charge in [-0.05, 0) is 12.1 Å². The molecule has 0 fully saturated rings. The minimum atomic E-state index is 0.563. The molecule has 0 amide bonds. The van der Waals surface area contributed by atoms with Crippen molar-refractivity contribution in [2.24, 2.45) is 0 Å². The van der Waals surface area contributed by atoms with Crippen LogP contribution >= 0.6 is 0 Å². The molecule has 0 aliphatic heterocycles. The number of rotatable bonds is 4. The highest BCUT2D eigenvalue weighted by atomic mass is 16.5. The summed E-state index contributed by atoms with van der Waals surface area (Å²) in [5.41, 5.74) is 1.61. The maximum Gasteiger partial charge on any atom is 0.203 e. The molecule has 0 unspecified atom stereocenters. The summed E-state index contributed by atoms with van der Waals surface area (Å²) in [5.74, 6) is 1.75. The average molecular weight is 246 g/mol. The third-order valence-electron chi connectivity index (χ3n) is 2.52. The Kier molecular flexibility index (Phi) is 3.62. The van der Waals surface area contributed by atoms with Crippen molar-refractivity contribution in [3.8, 4) is 28.5 Å². The van der Waals surface area contributed by atoms with Gasteiger partial charge in [-0.25, -0.2) is 0 Å². The van der Waals surface area contributed by atoms with Gasteiger partial charge in [0.25, 0.3) is 0 Å². The monoisotopic (exact) mass is 246 g/mol. The van der Waals surface area contributed by atoms with Crippen LogP contribution in [0.15, 0.2) is 30.7 Å². The molecule has 0 aliphatic carbocycles. The molecule has 0 spiro atoms. The zero-order valence-corrected chi connectivity index (χ0v) is 10.5. The van der Waals surface area contributed by atoms with Crippen molar-refractivity contribution in [2.75, 3.05) is 21.3 Å². The summed E-state index contributed by atoms with van der Waals surface area (Å²) >= 11 is 0. The molecule has 5 nitrogen and oxygen atoms in total. The summed E-state index contributed by atoms with van der Waals surface area (Å²) < 4.78 is 15.8. The molecule has 2 rings (SSSR count). The fourth-order valence-electron chi connectivity index (χ4n) is 1.68. The van der Waals surface area contributed by atoms with Crippen molar-refractivity contribution in [3.63, 3.8) is 0 Å². The van der Waals surface area contributed by atoms with Crippen LogP contribution in [-0.4, -0.2) is 31.3 Å². The summed E-state index contributed by atoms with van der Waals surface area (Å²) in [4.78, 5) is 8.28. The van der Waals surface area contributed by atoms with E-state index in [9.17, 15) is 0 Å². The number of hydrogen-bond acceptors (Lipinski definition) is 5. The zero-order chi connectivity index (χ0) is 13.0. The van der Waals surface area contributed by atoms with Crippen LogP contribution in [0.25, 0.3) is 11.3 Å². The van der Waals surface area contributed by atoms with E-state index in [1.54, 1.807) is 39.9 Å². The lowest BCUT2D eigenvalue weighted by Gasteiger charge is -2.13. The topological polar surface area (TPSA) is 53.5 Å². The van der Waals surface area contributed by atoms with Gasteiger partial charge in [-0.15, -0.1) is 0 Å². The number of methoxy groups -OCH3 is 3. The molecule has 0 saturated heterocycles. The van der Waals surface area contributed by atoms with E-state index in [0.717, 1.165) is 11.3 Å². The van der Waals surface area contributed by atoms with E-state index in [-0.39, 0.29) is 0 Å². The average Bonchev–Trinajstić information content (AvgIpc) is 2.46. The largest absolute Gasteiger partial charge is 0.493 e. The molecule has 1 heterocycles. The Morgan fingerprint density at radius 3 is 2.00 bits per heavy atom. The SMILES string of the molecule is COc1cc(-c2cnccn2)cc(OC)c1OC. The summed E-state index contributed by atoms with van der Waals surface area (Å²) in [6.45, 7) is 0. The third kappa shape index (κ3) is 2.20. The quantitative estimate of drug-likeness (QED) is 0.827. The van der Waals surface area contributed by atoms with Crippen molar-refractivity contribution in [2.45, 2.75) is 0 Å². The van der Waals surface area contributed by atoms with Gasteiger partial charge < -0.3 is 14.2 Å². The van der Waals surface area contributed by atoms with Gasteiger partial charge in [0.1, 0.15) is 0 Å². The number of nitrogens with zero attached hydrogens (tertiary/aromatic N) is 2. The second-order valence-corrected chi connectivity index (χ2v) is 3.50. The van der Waals surface area contributed by atoms with E-state index in [1.165, 1.54) is 0 Å². The summed E-state index contributed by atoms with van der Waals surface area (Å²) in [7, 11) is 4.73. The van der Waals surface area contributed by atoms with Crippen molar-refractivity contribution in [1.82, 2.24) is 9.97 Å². The molecule has 1 aromatic heterocycles. The lowest BCUT2D eigenvalue weighted by atomic mass is 10.1. The molecule has 94 valence electrons. The Balaban J connectivity index is 2.57. The highest BCUT2D eigenvalue weighted by molar-refractivity contribution is 5.68. The first-order chi connectivity index (χ1) is 8.80. The number of ether oxygens (including phenoxy) is 3. The van der Waals surface area contributed by atoms with Crippen molar-refractivity contribution < 1.29 is 14.2 Å². The Labute approximate surface area is 105 Å². The maximum absolute atomic E-state index is 5.29. The van der Waals surface area contributed by atoms with E-state index < -0.39 is 0 Å². The van der Waals surface area contributed by atoms with E-state index in [0.29, 0.717) is 17.2 Å². The molecule has 0 radical (unpaired) electrons. The zero-order valence-electron chi connectivity index (χ0n) is 10.5. The van der Waals surface area contributed by atoms with Crippen LogP contribution < -0.4 is 14.2 Å². The minimum absolute atomic E-state index is 0.563. The van der Waals surface area contributed by atoms with Gasteiger partial charge in [0.05, 0.1) is 33.2 Å². The lowest BCUT2D eigenvalue weighted by molar-refractivity contribution is 0.324. The van der Waals surface area contributed by atoms with Gasteiger partial charge in [-0.1, -0.05) is 0 Å². The first-order valence-corrected chi connectivity index (χ1v) is 5.36. The van der Waals surface area contributed by atoms with Crippen molar-refractivity contribution in [3.05, 3.63) is 30.7 Å². The Hall–Kier alpha value is -2.30. The van der Waals surface area contributed by atoms with E-state index >= 15 is 0 Å². The standard InChI is InChI=1S/C13H14N2O3/c1-16-11-6-9(10-8-14-4-5-15-10)7-12(17-2)13(11)18-3/h4-8H,1-3H3. The van der Waals surface area contributed by atoms with E-state index in [2.05, 4.69) is 9.97 Å². The minimum Gasteiger partial charge on any atom is -0.493 e. The molecular formula is C13H14N2O3. The summed E-state index contributed by atoms with van der Waals surface area (Å²) in [6.07, 6.45) is 4.95. The molecule has 0 bridgehead atoms. The Morgan fingerprint density at radius 1 is 0.889 bits per heavy atom. The van der Waals surface area contributed by atoms with Crippen LogP contribution in [0.4, 0.5) is 0 Å². The maximum atomic E-state index is 5.29. The molecule has 1 aromatic carbocycles. The van der Waals surface area contributed by atoms with Crippen LogP contribution in [0, 0.1) is 0 Å². The Bertz CT molecular complexity index is 504. The number of aromatic nitrogens is 2. The molecule has 5 heteroatoms. The fraction of sp³-hybridized carbons (Fsp3) is 0.231. The van der Waals surface area contributed by atoms with E-state index in [1.807, 2.05) is 12.1 Å². The van der Waals surface area contributed by atoms with Crippen LogP contribution in [0.3, 0.4) is 0 Å². The predicted octanol–water partition coefficient (Wildman–Crippen LogP) is 2.17. The van der Waals surface area contributed by atoms with Crippen LogP contribution in [0.2, 0.25) is 0 Å². The highest BCUT2D eigenvalue weighted by Crippen LogP contribution is 2.40. The van der Waals surface area contributed by atoms with Crippen LogP contribution in [0.5, 0.6) is 17.2 Å². The van der Waals surface area contributed by atoms with Crippen LogP contribution in [0.1, 0.15) is 0 Å². The van der Waals surface area contributed by atoms with Gasteiger partial charge in [0.2, 0.25) is 5.75 Å². The van der Waals surface area contributed by atoms with Gasteiger partial charge in [-0.2, -0.15) is 0 Å². The first-order valence-electron chi connectivity index (χ1n) is 5.36. The fourth-order valence-corrected chi connectivity index (χ4v) is 1.68. The third-order valence-corrected chi connectivity index (χ3v) is 2.52. The van der Waals surface area contributed by atoms with E-state index in [4.69, 9.17) is 14.2 Å². The molecule has 0 atom stereocenters. The molecule has 2 aromatic rings. The van der Waals surface area contributed by atoms with Gasteiger partial charge >= 0.3 is 0 Å². The normalized spacial score (nSPS) is 9.94. The summed E-state index contributed by atoms with van der Waals surface area (Å²) in [6, 6.07) is 3.68. The second-order valence-electron chi connectivity index (χ2n) is 3.50. The number of hydrogen-bond donors (Lipinski definition) is 0. The smallest absolute Gasteiger partial charge is 0.203 e. The van der Waals surface area contributed by atoms with Gasteiger partial charge in [0.15, 0.2) is 11.5 Å². The molecular weight excluding hydrogens is 232 g/mol. The first kappa shape index (κ1) is 12.2. The predicted molar refractivity (Wildman–Crippen MR) is 67.1 cm³/mol.